The zero-order valence-corrected chi connectivity index (χ0v) is 9.52. The third-order valence-corrected chi connectivity index (χ3v) is 3.35. The second-order valence-corrected chi connectivity index (χ2v) is 4.21. The van der Waals surface area contributed by atoms with Crippen LogP contribution in [0, 0.1) is 12.3 Å². The Morgan fingerprint density at radius 3 is 2.81 bits per heavy atom. The fraction of sp³-hybridized carbons (Fsp3) is 0.333. The summed E-state index contributed by atoms with van der Waals surface area (Å²) in [4.78, 5) is 2.34. The van der Waals surface area contributed by atoms with Gasteiger partial charge < -0.3 is 0 Å². The maximum atomic E-state index is 5.80. The van der Waals surface area contributed by atoms with E-state index in [0.29, 0.717) is 0 Å². The van der Waals surface area contributed by atoms with Crippen molar-refractivity contribution in [3.63, 3.8) is 0 Å². The van der Waals surface area contributed by atoms with Gasteiger partial charge in [-0.3, -0.25) is 4.90 Å². The second kappa shape index (κ2) is 4.55. The highest BCUT2D eigenvalue weighted by atomic mass is 15.2. The Morgan fingerprint density at radius 1 is 1.44 bits per heavy atom. The molecule has 1 aromatic carbocycles. The summed E-state index contributed by atoms with van der Waals surface area (Å²) in [5, 5.41) is 0. The number of nitrogens with zero attached hydrogens (tertiary/aromatic N) is 1. The van der Waals surface area contributed by atoms with Crippen LogP contribution in [0.15, 0.2) is 43.0 Å². The average Bonchev–Trinajstić information content (AvgIpc) is 2.75. The minimum atomic E-state index is -0.213. The molecule has 0 spiro atoms. The molecule has 0 aromatic heterocycles. The van der Waals surface area contributed by atoms with Gasteiger partial charge in [0.15, 0.2) is 0 Å². The predicted octanol–water partition coefficient (Wildman–Crippen LogP) is 2.80. The third-order valence-electron chi connectivity index (χ3n) is 3.35. The summed E-state index contributed by atoms with van der Waals surface area (Å²) in [6, 6.07) is 10.4. The Balaban J connectivity index is 2.39. The lowest BCUT2D eigenvalue weighted by Gasteiger charge is -2.33. The molecule has 0 amide bonds. The van der Waals surface area contributed by atoms with Crippen molar-refractivity contribution in [2.24, 2.45) is 0 Å². The molecular weight excluding hydrogens is 194 g/mol. The smallest absolute Gasteiger partial charge is 0.108 e. The van der Waals surface area contributed by atoms with E-state index in [-0.39, 0.29) is 5.54 Å². The normalized spacial score (nSPS) is 25.2. The molecular formula is C15H17N. The van der Waals surface area contributed by atoms with E-state index in [9.17, 15) is 0 Å². The maximum Gasteiger partial charge on any atom is 0.108 e. The summed E-state index contributed by atoms with van der Waals surface area (Å²) < 4.78 is 0. The van der Waals surface area contributed by atoms with Gasteiger partial charge in [-0.15, -0.1) is 13.0 Å². The Morgan fingerprint density at radius 2 is 2.19 bits per heavy atom. The molecule has 1 heterocycles. The van der Waals surface area contributed by atoms with Crippen molar-refractivity contribution >= 4 is 0 Å². The van der Waals surface area contributed by atoms with Crippen molar-refractivity contribution < 1.29 is 0 Å². The molecule has 1 aliphatic rings. The Kier molecular flexibility index (Phi) is 3.12. The van der Waals surface area contributed by atoms with Crippen molar-refractivity contribution in [2.75, 3.05) is 13.1 Å². The molecule has 1 unspecified atom stereocenters. The summed E-state index contributed by atoms with van der Waals surface area (Å²) in [5.41, 5.74) is 1.02. The van der Waals surface area contributed by atoms with E-state index in [1.807, 2.05) is 12.1 Å². The molecule has 1 atom stereocenters. The second-order valence-electron chi connectivity index (χ2n) is 4.21. The summed E-state index contributed by atoms with van der Waals surface area (Å²) >= 11 is 0. The van der Waals surface area contributed by atoms with Crippen molar-refractivity contribution in [3.8, 4) is 12.3 Å². The van der Waals surface area contributed by atoms with E-state index in [4.69, 9.17) is 6.42 Å². The lowest BCUT2D eigenvalue weighted by molar-refractivity contribution is 0.218. The Labute approximate surface area is 97.8 Å². The van der Waals surface area contributed by atoms with Crippen LogP contribution < -0.4 is 0 Å². The number of hydrogen-bond acceptors (Lipinski definition) is 1. The molecule has 1 fully saturated rings. The van der Waals surface area contributed by atoms with Gasteiger partial charge in [-0.05, 0) is 18.4 Å². The molecule has 0 radical (unpaired) electrons. The summed E-state index contributed by atoms with van der Waals surface area (Å²) in [5.74, 6) is 3.01. The quantitative estimate of drug-likeness (QED) is 0.549. The maximum absolute atomic E-state index is 5.80. The van der Waals surface area contributed by atoms with Crippen LogP contribution in [-0.4, -0.2) is 18.0 Å². The molecule has 16 heavy (non-hydrogen) atoms. The Hall–Kier alpha value is -1.52. The Bertz CT molecular complexity index is 401. The minimum absolute atomic E-state index is 0.213. The summed E-state index contributed by atoms with van der Waals surface area (Å²) in [6.07, 6.45) is 9.93. The van der Waals surface area contributed by atoms with Gasteiger partial charge in [-0.2, -0.15) is 0 Å². The first kappa shape index (κ1) is 11.0. The van der Waals surface area contributed by atoms with Gasteiger partial charge in [0.05, 0.1) is 0 Å². The summed E-state index contributed by atoms with van der Waals surface area (Å²) in [6.45, 7) is 5.73. The van der Waals surface area contributed by atoms with Gasteiger partial charge in [0, 0.05) is 13.1 Å². The van der Waals surface area contributed by atoms with Gasteiger partial charge in [-0.25, -0.2) is 0 Å². The van der Waals surface area contributed by atoms with E-state index < -0.39 is 0 Å². The zero-order chi connectivity index (χ0) is 11.4. The number of terminal acetylenes is 1. The topological polar surface area (TPSA) is 3.24 Å². The highest BCUT2D eigenvalue weighted by Crippen LogP contribution is 2.37. The van der Waals surface area contributed by atoms with Crippen LogP contribution in [0.25, 0.3) is 0 Å². The molecule has 2 rings (SSSR count). The first-order chi connectivity index (χ1) is 7.83. The summed E-state index contributed by atoms with van der Waals surface area (Å²) in [7, 11) is 0. The van der Waals surface area contributed by atoms with Crippen LogP contribution >= 0.6 is 0 Å². The molecule has 1 heteroatoms. The van der Waals surface area contributed by atoms with Gasteiger partial charge in [0.25, 0.3) is 0 Å². The highest BCUT2D eigenvalue weighted by Gasteiger charge is 2.39. The zero-order valence-electron chi connectivity index (χ0n) is 9.52. The van der Waals surface area contributed by atoms with Crippen LogP contribution in [0.5, 0.6) is 0 Å². The van der Waals surface area contributed by atoms with Gasteiger partial charge in [-0.1, -0.05) is 42.3 Å². The van der Waals surface area contributed by atoms with Crippen LogP contribution in [0.2, 0.25) is 0 Å². The third kappa shape index (κ3) is 1.66. The van der Waals surface area contributed by atoms with Crippen LogP contribution in [0.1, 0.15) is 18.4 Å². The minimum Gasteiger partial charge on any atom is -0.280 e. The molecule has 0 N–H and O–H groups in total. The molecule has 1 aromatic rings. The monoisotopic (exact) mass is 211 g/mol. The number of hydrogen-bond donors (Lipinski definition) is 0. The van der Waals surface area contributed by atoms with Crippen LogP contribution in [0.4, 0.5) is 0 Å². The van der Waals surface area contributed by atoms with Crippen molar-refractivity contribution in [2.45, 2.75) is 18.4 Å². The highest BCUT2D eigenvalue weighted by molar-refractivity contribution is 5.35. The van der Waals surface area contributed by atoms with Gasteiger partial charge in [0.1, 0.15) is 5.54 Å². The first-order valence-electron chi connectivity index (χ1n) is 5.73. The van der Waals surface area contributed by atoms with Crippen LogP contribution in [0.3, 0.4) is 0 Å². The fourth-order valence-corrected chi connectivity index (χ4v) is 2.57. The lowest BCUT2D eigenvalue weighted by atomic mass is 9.88. The predicted molar refractivity (Wildman–Crippen MR) is 68.0 cm³/mol. The molecule has 0 saturated carbocycles. The molecule has 1 saturated heterocycles. The van der Waals surface area contributed by atoms with Gasteiger partial charge in [0.2, 0.25) is 0 Å². The number of likely N-dealkylation sites (tertiary alicyclic amines) is 1. The van der Waals surface area contributed by atoms with Gasteiger partial charge >= 0.3 is 0 Å². The lowest BCUT2D eigenvalue weighted by Crippen LogP contribution is -2.40. The van der Waals surface area contributed by atoms with Crippen molar-refractivity contribution in [3.05, 3.63) is 48.6 Å². The van der Waals surface area contributed by atoms with Crippen LogP contribution in [-0.2, 0) is 5.54 Å². The largest absolute Gasteiger partial charge is 0.280 e. The van der Waals surface area contributed by atoms with E-state index in [0.717, 1.165) is 25.9 Å². The fourth-order valence-electron chi connectivity index (χ4n) is 2.57. The van der Waals surface area contributed by atoms with E-state index in [1.165, 1.54) is 5.56 Å². The number of rotatable bonds is 3. The first-order valence-corrected chi connectivity index (χ1v) is 5.73. The average molecular weight is 211 g/mol. The molecule has 82 valence electrons. The molecule has 1 aliphatic heterocycles. The number of benzene rings is 1. The molecule has 1 nitrogen and oxygen atoms in total. The standard InChI is InChI=1S/C15H17N/c1-3-12-16-13-8-11-15(16,4-2)14-9-6-5-7-10-14/h2-3,5-7,9-10H,1,8,11-13H2. The molecule has 0 aliphatic carbocycles. The van der Waals surface area contributed by atoms with E-state index >= 15 is 0 Å². The molecule has 0 bridgehead atoms. The van der Waals surface area contributed by atoms with E-state index in [1.54, 1.807) is 0 Å². The van der Waals surface area contributed by atoms with Crippen molar-refractivity contribution in [1.29, 1.82) is 0 Å². The SMILES string of the molecule is C#CC1(c2ccccc2)CCCN1CC=C. The van der Waals surface area contributed by atoms with E-state index in [2.05, 4.69) is 41.7 Å². The van der Waals surface area contributed by atoms with Crippen molar-refractivity contribution in [1.82, 2.24) is 4.90 Å².